The summed E-state index contributed by atoms with van der Waals surface area (Å²) >= 11 is 0. The number of hydrogen-bond acceptors (Lipinski definition) is 9. The monoisotopic (exact) mass is 434 g/mol. The molecule has 11 nitrogen and oxygen atoms in total. The molecule has 0 spiro atoms. The minimum Gasteiger partial charge on any atom is -0.502 e. The van der Waals surface area contributed by atoms with Gasteiger partial charge in [-0.25, -0.2) is 4.98 Å². The van der Waals surface area contributed by atoms with Gasteiger partial charge in [0.25, 0.3) is 5.69 Å². The number of aromatic nitrogens is 1. The average Bonchev–Trinajstić information content (AvgIpc) is 3.22. The Morgan fingerprint density at radius 1 is 1.09 bits per heavy atom. The van der Waals surface area contributed by atoms with E-state index in [1.807, 2.05) is 18.2 Å². The van der Waals surface area contributed by atoms with Crippen molar-refractivity contribution in [3.05, 3.63) is 80.4 Å². The van der Waals surface area contributed by atoms with Crippen LogP contribution in [0.25, 0.3) is 22.6 Å². The first-order valence-corrected chi connectivity index (χ1v) is 9.11. The molecule has 11 heteroatoms. The largest absolute Gasteiger partial charge is 0.502 e. The molecule has 1 aromatic heterocycles. The first-order valence-electron chi connectivity index (χ1n) is 9.11. The van der Waals surface area contributed by atoms with Gasteiger partial charge in [-0.15, -0.1) is 0 Å². The van der Waals surface area contributed by atoms with E-state index in [1.54, 1.807) is 24.3 Å². The Kier molecular flexibility index (Phi) is 5.21. The van der Waals surface area contributed by atoms with E-state index in [0.29, 0.717) is 40.1 Å². The lowest BCUT2D eigenvalue weighted by atomic mass is 10.1. The number of fused-ring (bicyclic) bond motifs is 1. The van der Waals surface area contributed by atoms with Crippen LogP contribution in [0.15, 0.2) is 64.0 Å². The maximum atomic E-state index is 11.1. The number of para-hydroxylation sites is 2. The van der Waals surface area contributed by atoms with Crippen LogP contribution in [0.1, 0.15) is 5.56 Å². The fourth-order valence-corrected chi connectivity index (χ4v) is 3.03. The number of ether oxygens (including phenoxy) is 1. The summed E-state index contributed by atoms with van der Waals surface area (Å²) < 4.78 is 11.0. The van der Waals surface area contributed by atoms with E-state index in [4.69, 9.17) is 9.15 Å². The quantitative estimate of drug-likeness (QED) is 0.258. The first-order chi connectivity index (χ1) is 15.4. The molecule has 3 aromatic carbocycles. The van der Waals surface area contributed by atoms with E-state index in [1.165, 1.54) is 7.11 Å². The van der Waals surface area contributed by atoms with Crippen LogP contribution < -0.4 is 4.74 Å². The number of phenolic OH excluding ortho intramolecular Hbond substituents is 1. The molecule has 0 aliphatic carbocycles. The van der Waals surface area contributed by atoms with Gasteiger partial charge in [-0.1, -0.05) is 12.1 Å². The summed E-state index contributed by atoms with van der Waals surface area (Å²) in [4.78, 5) is 29.2. The number of methoxy groups -OCH3 is 1. The first kappa shape index (κ1) is 20.5. The molecule has 0 saturated heterocycles. The lowest BCUT2D eigenvalue weighted by Gasteiger charge is -2.06. The highest BCUT2D eigenvalue weighted by molar-refractivity contribution is 5.89. The van der Waals surface area contributed by atoms with Crippen LogP contribution in [-0.4, -0.2) is 33.3 Å². The Labute approximate surface area is 179 Å². The molecule has 0 atom stereocenters. The predicted molar refractivity (Wildman–Crippen MR) is 115 cm³/mol. The number of nitro groups is 2. The second-order valence-electron chi connectivity index (χ2n) is 6.55. The molecule has 0 aliphatic heterocycles. The highest BCUT2D eigenvalue weighted by Gasteiger charge is 2.23. The molecule has 1 heterocycles. The summed E-state index contributed by atoms with van der Waals surface area (Å²) in [6.07, 6.45) is 1.09. The Bertz CT molecular complexity index is 1360. The molecule has 0 fully saturated rings. The molecule has 32 heavy (non-hydrogen) atoms. The third kappa shape index (κ3) is 3.81. The van der Waals surface area contributed by atoms with Crippen molar-refractivity contribution in [2.24, 2.45) is 4.99 Å². The minimum atomic E-state index is -0.909. The zero-order valence-electron chi connectivity index (χ0n) is 16.5. The molecule has 4 rings (SSSR count). The molecule has 0 bridgehead atoms. The molecule has 0 saturated carbocycles. The van der Waals surface area contributed by atoms with Gasteiger partial charge in [0.05, 0.1) is 23.0 Å². The Balaban J connectivity index is 1.78. The van der Waals surface area contributed by atoms with Crippen molar-refractivity contribution in [2.75, 3.05) is 7.11 Å². The summed E-state index contributed by atoms with van der Waals surface area (Å²) in [5.41, 5.74) is 0.620. The Hall–Kier alpha value is -4.80. The summed E-state index contributed by atoms with van der Waals surface area (Å²) in [7, 11) is 1.43. The lowest BCUT2D eigenvalue weighted by molar-refractivity contribution is -0.394. The second-order valence-corrected chi connectivity index (χ2v) is 6.55. The van der Waals surface area contributed by atoms with E-state index >= 15 is 0 Å². The summed E-state index contributed by atoms with van der Waals surface area (Å²) in [5.74, 6) is -0.0295. The molecular weight excluding hydrogens is 420 g/mol. The van der Waals surface area contributed by atoms with Crippen LogP contribution in [0.3, 0.4) is 0 Å². The maximum Gasteiger partial charge on any atom is 0.318 e. The molecule has 1 N–H and O–H groups in total. The number of rotatable bonds is 6. The van der Waals surface area contributed by atoms with E-state index in [2.05, 4.69) is 9.98 Å². The van der Waals surface area contributed by atoms with Crippen LogP contribution >= 0.6 is 0 Å². The van der Waals surface area contributed by atoms with Crippen molar-refractivity contribution >= 4 is 34.4 Å². The van der Waals surface area contributed by atoms with Crippen LogP contribution in [0.2, 0.25) is 0 Å². The summed E-state index contributed by atoms with van der Waals surface area (Å²) in [6, 6.07) is 13.9. The van der Waals surface area contributed by atoms with Crippen molar-refractivity contribution in [2.45, 2.75) is 0 Å². The number of nitrogens with zero attached hydrogens (tertiary/aromatic N) is 4. The van der Waals surface area contributed by atoms with E-state index in [-0.39, 0.29) is 5.56 Å². The number of phenols is 1. The Morgan fingerprint density at radius 2 is 1.88 bits per heavy atom. The van der Waals surface area contributed by atoms with Gasteiger partial charge in [-0.3, -0.25) is 25.2 Å². The summed E-state index contributed by atoms with van der Waals surface area (Å²) in [5, 5.41) is 32.4. The molecular formula is C21H14N4O7. The van der Waals surface area contributed by atoms with Crippen LogP contribution in [0, 0.1) is 20.2 Å². The van der Waals surface area contributed by atoms with Crippen LogP contribution in [-0.2, 0) is 0 Å². The number of aliphatic imine (C=N–C) groups is 1. The predicted octanol–water partition coefficient (Wildman–Crippen LogP) is 4.78. The fraction of sp³-hybridized carbons (Fsp3) is 0.0476. The third-order valence-corrected chi connectivity index (χ3v) is 4.57. The van der Waals surface area contributed by atoms with Gasteiger partial charge in [0.15, 0.2) is 5.58 Å². The highest BCUT2D eigenvalue weighted by atomic mass is 16.6. The molecule has 0 amide bonds. The smallest absolute Gasteiger partial charge is 0.318 e. The SMILES string of the molecule is COc1ccc(-c2nc3ccccc3o2)cc1N=Cc1cc([N+](=O)[O-])cc([N+](=O)[O-])c1O. The van der Waals surface area contributed by atoms with Crippen LogP contribution in [0.5, 0.6) is 11.5 Å². The van der Waals surface area contributed by atoms with Gasteiger partial charge in [-0.05, 0) is 30.3 Å². The number of oxazole rings is 1. The van der Waals surface area contributed by atoms with Gasteiger partial charge >= 0.3 is 5.69 Å². The third-order valence-electron chi connectivity index (χ3n) is 4.57. The number of hydrogen-bond donors (Lipinski definition) is 1. The van der Waals surface area contributed by atoms with Gasteiger partial charge < -0.3 is 14.3 Å². The zero-order valence-corrected chi connectivity index (χ0v) is 16.5. The fourth-order valence-electron chi connectivity index (χ4n) is 3.03. The van der Waals surface area contributed by atoms with Gasteiger partial charge in [0.2, 0.25) is 11.6 Å². The average molecular weight is 434 g/mol. The zero-order chi connectivity index (χ0) is 22.8. The van der Waals surface area contributed by atoms with Gasteiger partial charge in [0, 0.05) is 23.4 Å². The molecule has 0 aliphatic rings. The second kappa shape index (κ2) is 8.14. The van der Waals surface area contributed by atoms with Crippen molar-refractivity contribution in [3.8, 4) is 23.0 Å². The lowest BCUT2D eigenvalue weighted by Crippen LogP contribution is -1.96. The van der Waals surface area contributed by atoms with E-state index < -0.39 is 27.0 Å². The number of benzene rings is 3. The number of nitro benzene ring substituents is 2. The molecule has 4 aromatic rings. The van der Waals surface area contributed by atoms with E-state index in [9.17, 15) is 25.3 Å². The normalized spacial score (nSPS) is 11.2. The van der Waals surface area contributed by atoms with Crippen molar-refractivity contribution < 1.29 is 24.1 Å². The van der Waals surface area contributed by atoms with Gasteiger partial charge in [0.1, 0.15) is 17.0 Å². The maximum absolute atomic E-state index is 11.1. The van der Waals surface area contributed by atoms with Gasteiger partial charge in [-0.2, -0.15) is 0 Å². The topological polar surface area (TPSA) is 154 Å². The number of aromatic hydroxyl groups is 1. The van der Waals surface area contributed by atoms with E-state index in [0.717, 1.165) is 12.3 Å². The Morgan fingerprint density at radius 3 is 2.56 bits per heavy atom. The number of non-ortho nitro benzene ring substituents is 1. The highest BCUT2D eigenvalue weighted by Crippen LogP contribution is 2.36. The van der Waals surface area contributed by atoms with Crippen LogP contribution in [0.4, 0.5) is 17.1 Å². The molecule has 160 valence electrons. The summed E-state index contributed by atoms with van der Waals surface area (Å²) in [6.45, 7) is 0. The molecule has 0 radical (unpaired) electrons. The van der Waals surface area contributed by atoms with Crippen molar-refractivity contribution in [1.29, 1.82) is 0 Å². The minimum absolute atomic E-state index is 0.194. The standard InChI is InChI=1S/C21H14N4O7/c1-31-18-7-6-12(21-23-15-4-2-3-5-19(15)32-21)9-16(18)22-11-13-8-14(24(27)28)10-17(20(13)26)25(29)30/h2-11,26H,1H3. The van der Waals surface area contributed by atoms with Crippen molar-refractivity contribution in [3.63, 3.8) is 0 Å². The molecule has 0 unspecified atom stereocenters. The van der Waals surface area contributed by atoms with Crippen molar-refractivity contribution in [1.82, 2.24) is 4.98 Å².